The van der Waals surface area contributed by atoms with Gasteiger partial charge in [-0.2, -0.15) is 11.8 Å². The maximum absolute atomic E-state index is 14.4. The zero-order valence-electron chi connectivity index (χ0n) is 42.2. The van der Waals surface area contributed by atoms with Gasteiger partial charge in [0.15, 0.2) is 5.96 Å². The van der Waals surface area contributed by atoms with Gasteiger partial charge < -0.3 is 82.0 Å². The average molecular weight is 1210 g/mol. The summed E-state index contributed by atoms with van der Waals surface area (Å²) in [7, 11) is 0. The van der Waals surface area contributed by atoms with Gasteiger partial charge in [0.05, 0.1) is 26.2 Å². The van der Waals surface area contributed by atoms with Crippen LogP contribution < -0.4 is 38.1 Å². The van der Waals surface area contributed by atoms with Gasteiger partial charge >= 0.3 is 5.97 Å². The Bertz CT molecular complexity index is 2410. The topological polar surface area (TPSA) is 355 Å². The van der Waals surface area contributed by atoms with Crippen molar-refractivity contribution in [2.75, 3.05) is 77.5 Å². The number of aliphatic imine (C=N–C) groups is 1. The molecule has 75 heavy (non-hydrogen) atoms. The molecule has 5 atom stereocenters. The predicted octanol–water partition coefficient (Wildman–Crippen LogP) is -2.55. The number of aliphatic carboxylic acids is 1. The van der Waals surface area contributed by atoms with Crippen molar-refractivity contribution < 1.29 is 112 Å². The molecule has 4 saturated heterocycles. The van der Waals surface area contributed by atoms with Gasteiger partial charge in [-0.3, -0.25) is 43.3 Å². The number of hydrogen-bond donors (Lipinski definition) is 9. The smallest absolute Gasteiger partial charge is 0.326 e. The number of benzene rings is 1. The molecular weight excluding hydrogens is 1140 g/mol. The number of carbonyl (C=O) groups excluding carboxylic acids is 8. The number of para-hydroxylation sites is 1. The molecule has 5 amide bonds. The molecule has 0 saturated carbocycles. The van der Waals surface area contributed by atoms with E-state index in [-0.39, 0.29) is 171 Å². The second-order valence-corrected chi connectivity index (χ2v) is 19.7. The van der Waals surface area contributed by atoms with Crippen LogP contribution in [0.4, 0.5) is 0 Å². The summed E-state index contributed by atoms with van der Waals surface area (Å²) in [5.41, 5.74) is 12.2. The number of thioether (sulfide) groups is 1. The fraction of sp³-hybridized carbons (Fsp3) is 0.553. The summed E-state index contributed by atoms with van der Waals surface area (Å²) in [6, 6.07) is 1.14. The Labute approximate surface area is 479 Å². The van der Waals surface area contributed by atoms with E-state index < -0.39 is 83.6 Å². The summed E-state index contributed by atoms with van der Waals surface area (Å²) in [6.07, 6.45) is 4.70. The molecule has 6 rings (SSSR count). The molecule has 2 aromatic rings. The van der Waals surface area contributed by atoms with Crippen LogP contribution in [-0.2, 0) is 63.8 Å². The third-order valence-corrected chi connectivity index (χ3v) is 13.1. The molecule has 4 fully saturated rings. The Morgan fingerprint density at radius 3 is 1.93 bits per heavy atom. The Kier molecular flexibility index (Phi) is 23.5. The zero-order chi connectivity index (χ0) is 53.6. The van der Waals surface area contributed by atoms with Crippen molar-refractivity contribution in [1.82, 2.24) is 51.2 Å². The summed E-state index contributed by atoms with van der Waals surface area (Å²) in [5, 5.41) is 24.2. The molecule has 0 aliphatic carbocycles. The number of amides is 5. The van der Waals surface area contributed by atoms with Crippen LogP contribution in [0.3, 0.4) is 0 Å². The number of carboxylic acid groups (broad SMARTS) is 1. The van der Waals surface area contributed by atoms with E-state index in [9.17, 15) is 48.3 Å². The third kappa shape index (κ3) is 18.1. The van der Waals surface area contributed by atoms with Crippen molar-refractivity contribution in [3.63, 3.8) is 0 Å². The number of nitrogens with one attached hydrogen (secondary N) is 6. The van der Waals surface area contributed by atoms with Gasteiger partial charge in [-0.05, 0) is 68.7 Å². The van der Waals surface area contributed by atoms with E-state index in [2.05, 4.69) is 36.6 Å². The molecule has 1 aromatic heterocycles. The first-order chi connectivity index (χ1) is 35.3. The number of guanidine groups is 1. The Morgan fingerprint density at radius 2 is 1.31 bits per heavy atom. The fourth-order valence-electron chi connectivity index (χ4n) is 8.67. The molecule has 5 heterocycles. The largest absolute Gasteiger partial charge is 0.617 e. The predicted molar refractivity (Wildman–Crippen MR) is 266 cm³/mol. The molecular formula is C47H66EuN13O13S-3. The van der Waals surface area contributed by atoms with Gasteiger partial charge in [0.1, 0.15) is 30.2 Å². The molecule has 26 nitrogen and oxygen atoms in total. The zero-order valence-corrected chi connectivity index (χ0v) is 45.4. The van der Waals surface area contributed by atoms with E-state index in [1.807, 2.05) is 44.4 Å². The molecule has 413 valence electrons. The maximum atomic E-state index is 14.4. The molecule has 0 unspecified atom stereocenters. The van der Waals surface area contributed by atoms with E-state index in [0.717, 1.165) is 10.9 Å². The summed E-state index contributed by atoms with van der Waals surface area (Å²) in [6.45, 7) is 5.02. The summed E-state index contributed by atoms with van der Waals surface area (Å²) >= 11 is 1.41. The minimum atomic E-state index is -1.32. The number of aromatic amines is 1. The van der Waals surface area contributed by atoms with Crippen LogP contribution in [0.25, 0.3) is 10.9 Å². The first kappa shape index (κ1) is 60.9. The van der Waals surface area contributed by atoms with Crippen molar-refractivity contribution >= 4 is 82.0 Å². The van der Waals surface area contributed by atoms with Gasteiger partial charge in [0.25, 0.3) is 17.9 Å². The normalized spacial score (nSPS) is 19.2. The van der Waals surface area contributed by atoms with Gasteiger partial charge in [0.2, 0.25) is 29.5 Å². The SMILES string of the molecule is CSCC[C@H](NC(=O)[C@H](Cc1c[nH]c2ccccc12)NC(=O)[C@H](CC(C)C)NC(=O)[C@H](C)NC(=O)CN1CCN2CC(=O)O[C-]2CN2CC(=O)O[C-]2CN2CC(=O)O[C-]2C1)C(=O)N[C@@H](CCCN=C(N)N)C(=O)O.[Eu]. The van der Waals surface area contributed by atoms with E-state index in [0.29, 0.717) is 17.5 Å². The number of carboxylic acids is 1. The van der Waals surface area contributed by atoms with E-state index >= 15 is 0 Å². The van der Waals surface area contributed by atoms with Gasteiger partial charge in [-0.1, -0.05) is 57.3 Å². The van der Waals surface area contributed by atoms with Crippen molar-refractivity contribution in [3.05, 3.63) is 54.7 Å². The van der Waals surface area contributed by atoms with E-state index in [1.165, 1.54) is 18.7 Å². The molecule has 1 aromatic carbocycles. The van der Waals surface area contributed by atoms with E-state index in [1.54, 1.807) is 25.8 Å². The summed E-state index contributed by atoms with van der Waals surface area (Å²) < 4.78 is 16.5. The van der Waals surface area contributed by atoms with Crippen LogP contribution >= 0.6 is 11.8 Å². The monoisotopic (exact) mass is 1210 g/mol. The molecule has 11 N–H and O–H groups in total. The first-order valence-corrected chi connectivity index (χ1v) is 25.7. The number of aromatic nitrogens is 1. The molecule has 4 aliphatic rings. The fourth-order valence-corrected chi connectivity index (χ4v) is 9.14. The minimum absolute atomic E-state index is 0. The first-order valence-electron chi connectivity index (χ1n) is 24.3. The summed E-state index contributed by atoms with van der Waals surface area (Å²) in [5.74, 6) is -6.26. The van der Waals surface area contributed by atoms with Crippen molar-refractivity contribution in [2.24, 2.45) is 22.4 Å². The number of ether oxygens (including phenoxy) is 3. The van der Waals surface area contributed by atoms with Gasteiger partial charge in [-0.15, -0.1) is 13.1 Å². The minimum Gasteiger partial charge on any atom is -0.617 e. The van der Waals surface area contributed by atoms with Crippen LogP contribution in [-0.4, -0.2) is 197 Å². The molecule has 4 aliphatic heterocycles. The number of H-pyrrole nitrogens is 1. The van der Waals surface area contributed by atoms with Crippen LogP contribution in [0.2, 0.25) is 0 Å². The van der Waals surface area contributed by atoms with Gasteiger partial charge in [-0.25, -0.2) is 4.79 Å². The van der Waals surface area contributed by atoms with Crippen molar-refractivity contribution in [3.8, 4) is 0 Å². The van der Waals surface area contributed by atoms with Crippen LogP contribution in [0, 0.1) is 74.0 Å². The van der Waals surface area contributed by atoms with Gasteiger partial charge in [0, 0.05) is 86.0 Å². The Morgan fingerprint density at radius 1 is 0.747 bits per heavy atom. The molecule has 0 spiro atoms. The average Bonchev–Trinajstić information content (AvgIpc) is 4.10. The molecule has 28 heteroatoms. The van der Waals surface area contributed by atoms with Crippen LogP contribution in [0.1, 0.15) is 52.0 Å². The van der Waals surface area contributed by atoms with Crippen LogP contribution in [0.5, 0.6) is 0 Å². The van der Waals surface area contributed by atoms with Crippen molar-refractivity contribution in [2.45, 2.75) is 83.1 Å². The Hall–Kier alpha value is -4.97. The quantitative estimate of drug-likeness (QED) is 0.0138. The number of nitrogens with two attached hydrogens (primary N) is 2. The van der Waals surface area contributed by atoms with Crippen molar-refractivity contribution in [1.29, 1.82) is 0 Å². The number of carbonyl (C=O) groups is 9. The number of fused-ring (bicyclic) bond motifs is 4. The number of rotatable bonds is 23. The number of esters is 3. The second kappa shape index (κ2) is 29.0. The number of nitrogens with zero attached hydrogens (tertiary/aromatic N) is 5. The standard InChI is InChI=1S/C47H66N13O13S.Eu/c1-26(2)16-33(55-42(65)27(3)52-35(61)19-57-13-14-58-23-39(62)72-37(58)21-60-25-41(64)73-38(60)22-59-24-40(63)71-36(59)20-57)44(67)56-34(17-28-18-51-30-9-6-5-8-29(28)30)45(68)53-31(11-15-74-4)43(66)54-32(46(69)70)10-7-12-50-47(48)49;/h5-6,8-9,18,26-27,31-34,51H,7,10-17,19-25H2,1-4H3,(H,52,61)(H,53,68)(H,54,66)(H,55,65)(H,56,67)(H,69,70)(H4,48,49,50);/q-3;/t27-,31-,32-,33-,34-;/m0./s1. The second-order valence-electron chi connectivity index (χ2n) is 18.7. The van der Waals surface area contributed by atoms with E-state index in [4.69, 9.17) is 25.7 Å². The van der Waals surface area contributed by atoms with Crippen LogP contribution in [0.15, 0.2) is 35.5 Å². The summed E-state index contributed by atoms with van der Waals surface area (Å²) in [4.78, 5) is 133. The molecule has 1 radical (unpaired) electrons. The molecule has 0 bridgehead atoms. The maximum Gasteiger partial charge on any atom is 0.326 e. The third-order valence-electron chi connectivity index (χ3n) is 12.4. The number of hydrogen-bond acceptors (Lipinski definition) is 18. The Balaban J connectivity index is 0.0000104.